The van der Waals surface area contributed by atoms with E-state index in [9.17, 15) is 9.90 Å². The van der Waals surface area contributed by atoms with Gasteiger partial charge in [-0.1, -0.05) is 459 Å². The minimum absolute atomic E-state index is 0. The van der Waals surface area contributed by atoms with Crippen molar-refractivity contribution >= 4 is 22.7 Å². The Balaban J connectivity index is -0.000000132. The first-order valence-corrected chi connectivity index (χ1v) is 49.4. The molecule has 6 heteroatoms. The molecule has 0 aromatic heterocycles. The SMILES string of the molecule is C.C.C.C.C.C.CC.CC.CC.CC.CC.CC.CC.CC.CC.CC.CC.CC.CC(=O)O.CC12CC3CC(CC(C3)C1)C2.CC1CCC2(C)C(C1)CC(C)C1C2CC(C)C2(C)C(C(C)CCC(=O)O)CCC12.CCc1cccc(C)c1.Cc1ccccc1.Cc1ccccc1.c1ccc2c(c1)CCCO2.c1ccc2c(c1)CCO2.c1ccc2ccccc2c1. The standard InChI is InChI=1S/C27H46O2.C11H18.C10H8.C9H10O.C9H12.C8H8O.2C7H8.C2H4O2.12C2H6.6CH4/c1-16-11-12-26(5)20(13-16)14-18(3)25-22-9-8-21(17(2)7-10-24(28)29)27(22,6)19(4)15-23(25)26;1-11-5-8-2-9(6-11)4-10(3-8)7-11;1-2-6-10-8-4-3-7-9(10)5-1;1-2-6-9-8(4-1)5-3-7-10-9;1-3-9-6-4-5-8(2)7-9;1-2-4-8-7(3-1)5-6-9-8;2*1-7-5-3-2-4-6-7;1-2(3)4;12*1-2;;;;;;/h16-23,25H,7-15H2,1-6H3,(H,28,29);8-10H,2-7H2,1H3;1-8H;1-2,4,6H,3,5,7H2;4-7H,3H2,1-2H3;1-4H,5-6H2;2*2-6H,1H3;1H3,(H,3,4);12*1-2H3;6*1H4. The number of carbonyl (C=O) groups is 2. The van der Waals surface area contributed by atoms with E-state index in [2.05, 4.69) is 191 Å². The van der Waals surface area contributed by atoms with E-state index < -0.39 is 11.9 Å². The number of fused-ring (bicyclic) bond motifs is 8. The van der Waals surface area contributed by atoms with Crippen LogP contribution in [0, 0.1) is 108 Å². The predicted molar refractivity (Wildman–Crippen MR) is 578 cm³/mol. The van der Waals surface area contributed by atoms with Crippen LogP contribution in [0.4, 0.5) is 0 Å². The maximum absolute atomic E-state index is 11.2. The Kier molecular flexibility index (Phi) is 99.1. The number of hydrogen-bond donors (Lipinski definition) is 2. The zero-order valence-corrected chi connectivity index (χ0v) is 85.1. The minimum atomic E-state index is -0.833. The average molecular weight is 1760 g/mol. The minimum Gasteiger partial charge on any atom is -0.493 e. The van der Waals surface area contributed by atoms with E-state index in [1.807, 2.05) is 233 Å². The van der Waals surface area contributed by atoms with Crippen LogP contribution in [0.15, 0.2) is 182 Å². The zero-order valence-electron chi connectivity index (χ0n) is 85.1. The summed E-state index contributed by atoms with van der Waals surface area (Å²) in [7, 11) is 0. The van der Waals surface area contributed by atoms with Crippen LogP contribution in [-0.4, -0.2) is 35.4 Å². The highest BCUT2D eigenvalue weighted by atomic mass is 16.5. The largest absolute Gasteiger partial charge is 0.493 e. The van der Waals surface area contributed by atoms with Gasteiger partial charge in [0.15, 0.2) is 0 Å². The van der Waals surface area contributed by atoms with Gasteiger partial charge in [0.25, 0.3) is 5.97 Å². The first-order valence-electron chi connectivity index (χ1n) is 49.4. The highest BCUT2D eigenvalue weighted by Crippen LogP contribution is 2.71. The van der Waals surface area contributed by atoms with Crippen molar-refractivity contribution in [2.45, 2.75) is 416 Å². The number of benzene rings is 7. The van der Waals surface area contributed by atoms with Crippen LogP contribution in [0.1, 0.15) is 409 Å². The van der Waals surface area contributed by atoms with E-state index in [1.165, 1.54) is 95.5 Å². The number of aliphatic carboxylic acids is 2. The molecule has 2 aliphatic heterocycles. The molecule has 8 saturated carbocycles. The second-order valence-electron chi connectivity index (χ2n) is 31.7. The van der Waals surface area contributed by atoms with Gasteiger partial charge in [-0.3, -0.25) is 9.59 Å². The van der Waals surface area contributed by atoms with Gasteiger partial charge in [0.1, 0.15) is 11.5 Å². The summed E-state index contributed by atoms with van der Waals surface area (Å²) in [6, 6.07) is 62.3. The lowest BCUT2D eigenvalue weighted by Crippen LogP contribution is -2.58. The van der Waals surface area contributed by atoms with Crippen molar-refractivity contribution in [1.29, 1.82) is 0 Å². The molecule has 4 bridgehead atoms. The summed E-state index contributed by atoms with van der Waals surface area (Å²) < 4.78 is 10.7. The Morgan fingerprint density at radius 1 is 0.437 bits per heavy atom. The Labute approximate surface area is 790 Å². The number of hydrogen-bond acceptors (Lipinski definition) is 4. The molecular formula is C120H218O6. The fourth-order valence-corrected chi connectivity index (χ4v) is 19.8. The summed E-state index contributed by atoms with van der Waals surface area (Å²) in [4.78, 5) is 20.2. The number of rotatable bonds is 5. The van der Waals surface area contributed by atoms with E-state index in [4.69, 9.17) is 19.4 Å². The van der Waals surface area contributed by atoms with Gasteiger partial charge in [-0.2, -0.15) is 0 Å². The average Bonchev–Trinajstić information content (AvgIpc) is 1.42. The molecule has 7 aromatic rings. The van der Waals surface area contributed by atoms with Crippen LogP contribution in [-0.2, 0) is 28.9 Å². The quantitative estimate of drug-likeness (QED) is 0.178. The molecule has 8 aliphatic carbocycles. The van der Waals surface area contributed by atoms with Gasteiger partial charge in [0, 0.05) is 19.8 Å². The molecule has 7 aromatic carbocycles. The number of ether oxygens (including phenoxy) is 2. The van der Waals surface area contributed by atoms with Gasteiger partial charge in [0.05, 0.1) is 13.2 Å². The summed E-state index contributed by atoms with van der Waals surface area (Å²) in [5, 5.41) is 19.2. The summed E-state index contributed by atoms with van der Waals surface area (Å²) in [6.07, 6.45) is 25.2. The second-order valence-corrected chi connectivity index (χ2v) is 31.7. The fourth-order valence-electron chi connectivity index (χ4n) is 19.8. The van der Waals surface area contributed by atoms with Crippen LogP contribution in [0.5, 0.6) is 11.5 Å². The Morgan fingerprint density at radius 2 is 0.810 bits per heavy atom. The molecule has 10 aliphatic rings. The van der Waals surface area contributed by atoms with E-state index in [0.29, 0.717) is 29.1 Å². The summed E-state index contributed by atoms with van der Waals surface area (Å²) in [6.45, 7) is 77.1. The zero-order chi connectivity index (χ0) is 92.8. The molecule has 734 valence electrons. The number of aryl methyl sites for hydroxylation is 5. The fraction of sp³-hybridized carbons (Fsp3) is 0.650. The van der Waals surface area contributed by atoms with Gasteiger partial charge >= 0.3 is 5.97 Å². The molecule has 17 rings (SSSR count). The molecular weight excluding hydrogens is 1540 g/mol. The monoisotopic (exact) mass is 1760 g/mol. The summed E-state index contributed by atoms with van der Waals surface area (Å²) in [5.74, 6) is 11.6. The topological polar surface area (TPSA) is 93.1 Å². The van der Waals surface area contributed by atoms with Crippen LogP contribution >= 0.6 is 0 Å². The van der Waals surface area contributed by atoms with Crippen LogP contribution < -0.4 is 9.47 Å². The third kappa shape index (κ3) is 51.7. The molecule has 6 nitrogen and oxygen atoms in total. The Hall–Kier alpha value is -6.66. The highest BCUT2D eigenvalue weighted by molar-refractivity contribution is 5.82. The molecule has 2 N–H and O–H groups in total. The molecule has 11 unspecified atom stereocenters. The van der Waals surface area contributed by atoms with E-state index in [1.54, 1.807) is 38.5 Å². The predicted octanol–water partition coefficient (Wildman–Crippen LogP) is 39.7. The van der Waals surface area contributed by atoms with Crippen molar-refractivity contribution in [1.82, 2.24) is 0 Å². The van der Waals surface area contributed by atoms with Gasteiger partial charge < -0.3 is 19.7 Å². The first-order chi connectivity index (χ1) is 58.1. The normalized spacial score (nSPS) is 22.9. The van der Waals surface area contributed by atoms with Crippen molar-refractivity contribution in [3.63, 3.8) is 0 Å². The lowest BCUT2D eigenvalue weighted by molar-refractivity contribution is -0.163. The van der Waals surface area contributed by atoms with Gasteiger partial charge in [-0.15, -0.1) is 0 Å². The smallest absolute Gasteiger partial charge is 0.303 e. The van der Waals surface area contributed by atoms with E-state index >= 15 is 0 Å². The summed E-state index contributed by atoms with van der Waals surface area (Å²) >= 11 is 0. The first kappa shape index (κ1) is 142. The Morgan fingerprint density at radius 3 is 1.16 bits per heavy atom. The Bertz CT molecular complexity index is 3260. The molecule has 8 fully saturated rings. The van der Waals surface area contributed by atoms with Crippen molar-refractivity contribution in [3.05, 3.63) is 215 Å². The van der Waals surface area contributed by atoms with Gasteiger partial charge in [0.2, 0.25) is 0 Å². The maximum Gasteiger partial charge on any atom is 0.303 e. The van der Waals surface area contributed by atoms with Crippen LogP contribution in [0.3, 0.4) is 0 Å². The third-order valence-electron chi connectivity index (χ3n) is 24.2. The lowest BCUT2D eigenvalue weighted by Gasteiger charge is -2.65. The van der Waals surface area contributed by atoms with Gasteiger partial charge in [-0.05, 0) is 250 Å². The summed E-state index contributed by atoms with van der Waals surface area (Å²) in [5.41, 5.74) is 9.92. The lowest BCUT2D eigenvalue weighted by atomic mass is 9.40. The van der Waals surface area contributed by atoms with Gasteiger partial charge in [-0.25, -0.2) is 0 Å². The number of carboxylic acid groups (broad SMARTS) is 2. The van der Waals surface area contributed by atoms with Crippen molar-refractivity contribution < 1.29 is 29.3 Å². The third-order valence-corrected chi connectivity index (χ3v) is 24.2. The molecule has 126 heavy (non-hydrogen) atoms. The molecule has 11 atom stereocenters. The van der Waals surface area contributed by atoms with E-state index in [0.717, 1.165) is 122 Å². The highest BCUT2D eigenvalue weighted by Gasteiger charge is 2.64. The number of para-hydroxylation sites is 2. The van der Waals surface area contributed by atoms with E-state index in [-0.39, 0.29) is 44.6 Å². The molecule has 0 radical (unpaired) electrons. The maximum atomic E-state index is 11.2. The molecule has 2 heterocycles. The van der Waals surface area contributed by atoms with Crippen LogP contribution in [0.2, 0.25) is 0 Å². The van der Waals surface area contributed by atoms with Crippen molar-refractivity contribution in [2.24, 2.45) is 87.3 Å². The number of carboxylic acids is 2. The van der Waals surface area contributed by atoms with Crippen molar-refractivity contribution in [2.75, 3.05) is 13.2 Å². The molecule has 0 amide bonds. The van der Waals surface area contributed by atoms with Crippen molar-refractivity contribution in [3.8, 4) is 11.5 Å². The second kappa shape index (κ2) is 87.7. The molecule has 0 saturated heterocycles. The van der Waals surface area contributed by atoms with Crippen LogP contribution in [0.25, 0.3) is 10.8 Å². The molecule has 0 spiro atoms.